The number of aromatic amines is 1. The topological polar surface area (TPSA) is 65.6 Å². The van der Waals surface area contributed by atoms with Crippen LogP contribution in [-0.2, 0) is 33.7 Å². The van der Waals surface area contributed by atoms with E-state index in [0.29, 0.717) is 44.6 Å². The third-order valence-corrected chi connectivity index (χ3v) is 6.69. The summed E-state index contributed by atoms with van der Waals surface area (Å²) in [6.07, 6.45) is 3.21. The van der Waals surface area contributed by atoms with Gasteiger partial charge >= 0.3 is 0 Å². The van der Waals surface area contributed by atoms with Crippen LogP contribution < -0.4 is 0 Å². The van der Waals surface area contributed by atoms with Crippen LogP contribution in [0.2, 0.25) is 0 Å². The molecule has 39 heavy (non-hydrogen) atoms. The number of halogens is 2. The predicted octanol–water partition coefficient (Wildman–Crippen LogP) is 5.13. The van der Waals surface area contributed by atoms with Gasteiger partial charge < -0.3 is 19.5 Å². The maximum absolute atomic E-state index is 13.7. The third-order valence-electron chi connectivity index (χ3n) is 6.69. The Morgan fingerprint density at radius 3 is 2.18 bits per heavy atom. The molecule has 0 spiro atoms. The van der Waals surface area contributed by atoms with E-state index in [1.165, 1.54) is 29.2 Å². The van der Waals surface area contributed by atoms with E-state index < -0.39 is 0 Å². The van der Waals surface area contributed by atoms with Crippen LogP contribution in [-0.4, -0.2) is 59.9 Å². The molecule has 6 nitrogen and oxygen atoms in total. The minimum absolute atomic E-state index is 0.0633. The van der Waals surface area contributed by atoms with Gasteiger partial charge in [0.1, 0.15) is 11.6 Å². The molecule has 1 N–H and O–H groups in total. The zero-order chi connectivity index (χ0) is 27.6. The molecule has 0 saturated heterocycles. The first-order valence-electron chi connectivity index (χ1n) is 13.0. The number of nitrogens with zero attached hydrogens (tertiary/aromatic N) is 2. The number of hydrogen-bond acceptors (Lipinski definition) is 3. The highest BCUT2D eigenvalue weighted by molar-refractivity contribution is 5.86. The number of ether oxygens (including phenoxy) is 1. The molecule has 8 heteroatoms. The molecule has 3 aromatic carbocycles. The summed E-state index contributed by atoms with van der Waals surface area (Å²) in [5.41, 5.74) is 3.59. The smallest absolute Gasteiger partial charge is 0.242 e. The summed E-state index contributed by atoms with van der Waals surface area (Å²) >= 11 is 0. The summed E-state index contributed by atoms with van der Waals surface area (Å²) < 4.78 is 32.0. The average molecular weight is 534 g/mol. The van der Waals surface area contributed by atoms with Crippen LogP contribution in [0.25, 0.3) is 10.9 Å². The molecule has 204 valence electrons. The van der Waals surface area contributed by atoms with Crippen molar-refractivity contribution < 1.29 is 23.1 Å². The normalized spacial score (nSPS) is 11.1. The van der Waals surface area contributed by atoms with Crippen LogP contribution in [0.4, 0.5) is 8.78 Å². The fraction of sp³-hybridized carbons (Fsp3) is 0.290. The highest BCUT2D eigenvalue weighted by atomic mass is 19.1. The summed E-state index contributed by atoms with van der Waals surface area (Å²) in [4.78, 5) is 33.4. The number of fused-ring (bicyclic) bond motifs is 1. The van der Waals surface area contributed by atoms with Gasteiger partial charge in [0, 0.05) is 50.5 Å². The number of amides is 2. The fourth-order valence-corrected chi connectivity index (χ4v) is 4.54. The van der Waals surface area contributed by atoms with Gasteiger partial charge in [-0.1, -0.05) is 42.5 Å². The van der Waals surface area contributed by atoms with E-state index in [1.807, 2.05) is 30.5 Å². The summed E-state index contributed by atoms with van der Waals surface area (Å²) in [6, 6.07) is 19.9. The maximum atomic E-state index is 13.7. The quantitative estimate of drug-likeness (QED) is 0.243. The summed E-state index contributed by atoms with van der Waals surface area (Å²) in [5.74, 6) is -1.13. The first-order chi connectivity index (χ1) is 18.9. The fourth-order valence-electron chi connectivity index (χ4n) is 4.54. The highest BCUT2D eigenvalue weighted by Gasteiger charge is 2.22. The maximum Gasteiger partial charge on any atom is 0.242 e. The highest BCUT2D eigenvalue weighted by Crippen LogP contribution is 2.19. The Kier molecular flexibility index (Phi) is 9.80. The number of aromatic nitrogens is 1. The van der Waals surface area contributed by atoms with Crippen molar-refractivity contribution in [3.05, 3.63) is 107 Å². The lowest BCUT2D eigenvalue weighted by molar-refractivity contribution is -0.140. The Morgan fingerprint density at radius 1 is 0.821 bits per heavy atom. The molecular formula is C31H33F2N3O3. The van der Waals surface area contributed by atoms with Gasteiger partial charge in [-0.3, -0.25) is 9.59 Å². The first-order valence-corrected chi connectivity index (χ1v) is 13.0. The SMILES string of the molecule is COCCCN(CC(=O)N(CCc1c[nH]c2ccccc12)Cc1ccc(F)cc1)C(=O)Cc1ccc(F)cc1. The molecule has 4 rings (SSSR count). The Morgan fingerprint density at radius 2 is 1.49 bits per heavy atom. The molecule has 0 atom stereocenters. The minimum atomic E-state index is -0.370. The van der Waals surface area contributed by atoms with Crippen LogP contribution in [0.5, 0.6) is 0 Å². The van der Waals surface area contributed by atoms with Crippen molar-refractivity contribution >= 4 is 22.7 Å². The zero-order valence-corrected chi connectivity index (χ0v) is 22.0. The number of benzene rings is 3. The zero-order valence-electron chi connectivity index (χ0n) is 22.0. The van der Waals surface area contributed by atoms with E-state index in [1.54, 1.807) is 36.3 Å². The number of carbonyl (C=O) groups is 2. The Bertz CT molecular complexity index is 1370. The molecule has 0 aliphatic carbocycles. The average Bonchev–Trinajstić information content (AvgIpc) is 3.36. The lowest BCUT2D eigenvalue weighted by Crippen LogP contribution is -2.44. The second-order valence-electron chi connectivity index (χ2n) is 9.52. The first kappa shape index (κ1) is 28.0. The van der Waals surface area contributed by atoms with Gasteiger partial charge in [-0.25, -0.2) is 8.78 Å². The van der Waals surface area contributed by atoms with Gasteiger partial charge in [0.25, 0.3) is 0 Å². The van der Waals surface area contributed by atoms with Crippen molar-refractivity contribution in [2.45, 2.75) is 25.8 Å². The second-order valence-corrected chi connectivity index (χ2v) is 9.52. The number of carbonyl (C=O) groups excluding carboxylic acids is 2. The molecule has 0 saturated carbocycles. The molecule has 0 aliphatic rings. The van der Waals surface area contributed by atoms with Crippen LogP contribution in [0, 0.1) is 11.6 Å². The van der Waals surface area contributed by atoms with Crippen LogP contribution in [0.3, 0.4) is 0 Å². The molecule has 0 unspecified atom stereocenters. The monoisotopic (exact) mass is 533 g/mol. The molecule has 0 bridgehead atoms. The van der Waals surface area contributed by atoms with Crippen molar-refractivity contribution in [2.24, 2.45) is 0 Å². The molecule has 4 aromatic rings. The van der Waals surface area contributed by atoms with Crippen molar-refractivity contribution in [3.8, 4) is 0 Å². The molecule has 1 heterocycles. The van der Waals surface area contributed by atoms with Gasteiger partial charge in [0.2, 0.25) is 11.8 Å². The minimum Gasteiger partial charge on any atom is -0.385 e. The predicted molar refractivity (Wildman–Crippen MR) is 147 cm³/mol. The molecule has 0 radical (unpaired) electrons. The molecule has 0 aliphatic heterocycles. The number of rotatable bonds is 13. The Balaban J connectivity index is 1.50. The lowest BCUT2D eigenvalue weighted by atomic mass is 10.1. The van der Waals surface area contributed by atoms with Crippen molar-refractivity contribution in [1.82, 2.24) is 14.8 Å². The number of hydrogen-bond donors (Lipinski definition) is 1. The molecule has 0 fully saturated rings. The standard InChI is InChI=1S/C31H33F2N3O3/c1-39-18-4-16-35(30(37)19-23-7-11-26(32)12-8-23)22-31(38)36(21-24-9-13-27(33)14-10-24)17-15-25-20-34-29-6-3-2-5-28(25)29/h2-3,5-14,20,34H,4,15-19,21-22H2,1H3. The number of para-hydroxylation sites is 1. The van der Waals surface area contributed by atoms with Crippen molar-refractivity contribution in [1.29, 1.82) is 0 Å². The number of nitrogens with one attached hydrogen (secondary N) is 1. The Hall–Kier alpha value is -4.04. The van der Waals surface area contributed by atoms with Crippen molar-refractivity contribution in [2.75, 3.05) is 33.4 Å². The van der Waals surface area contributed by atoms with E-state index in [2.05, 4.69) is 4.98 Å². The summed E-state index contributed by atoms with van der Waals surface area (Å²) in [6.45, 7) is 1.43. The van der Waals surface area contributed by atoms with Gasteiger partial charge in [0.05, 0.1) is 13.0 Å². The number of H-pyrrole nitrogens is 1. The van der Waals surface area contributed by atoms with Crippen LogP contribution in [0.15, 0.2) is 79.0 Å². The summed E-state index contributed by atoms with van der Waals surface area (Å²) in [7, 11) is 1.59. The summed E-state index contributed by atoms with van der Waals surface area (Å²) in [5, 5.41) is 1.10. The number of methoxy groups -OCH3 is 1. The van der Waals surface area contributed by atoms with Crippen LogP contribution in [0.1, 0.15) is 23.1 Å². The van der Waals surface area contributed by atoms with Crippen LogP contribution >= 0.6 is 0 Å². The van der Waals surface area contributed by atoms with E-state index in [4.69, 9.17) is 4.74 Å². The largest absolute Gasteiger partial charge is 0.385 e. The van der Waals surface area contributed by atoms with Gasteiger partial charge in [-0.05, 0) is 59.9 Å². The second kappa shape index (κ2) is 13.7. The van der Waals surface area contributed by atoms with E-state index >= 15 is 0 Å². The van der Waals surface area contributed by atoms with E-state index in [-0.39, 0.29) is 36.4 Å². The van der Waals surface area contributed by atoms with Gasteiger partial charge in [0.15, 0.2) is 0 Å². The van der Waals surface area contributed by atoms with Gasteiger partial charge in [-0.15, -0.1) is 0 Å². The molecular weight excluding hydrogens is 500 g/mol. The molecule has 1 aromatic heterocycles. The van der Waals surface area contributed by atoms with E-state index in [0.717, 1.165) is 22.0 Å². The van der Waals surface area contributed by atoms with Crippen molar-refractivity contribution in [3.63, 3.8) is 0 Å². The van der Waals surface area contributed by atoms with Gasteiger partial charge in [-0.2, -0.15) is 0 Å². The lowest BCUT2D eigenvalue weighted by Gasteiger charge is -2.28. The Labute approximate surface area is 227 Å². The molecule has 2 amide bonds. The third kappa shape index (κ3) is 7.97. The van der Waals surface area contributed by atoms with E-state index in [9.17, 15) is 18.4 Å².